The molecule has 0 saturated heterocycles. The highest BCUT2D eigenvalue weighted by Gasteiger charge is 2.32. The molecule has 0 aliphatic carbocycles. The van der Waals surface area contributed by atoms with E-state index in [1.807, 2.05) is 60.7 Å². The van der Waals surface area contributed by atoms with Gasteiger partial charge in [-0.25, -0.2) is 0 Å². The van der Waals surface area contributed by atoms with Gasteiger partial charge < -0.3 is 9.47 Å². The van der Waals surface area contributed by atoms with Gasteiger partial charge in [0.25, 0.3) is 5.88 Å². The molecule has 7 heteroatoms. The van der Waals surface area contributed by atoms with Crippen molar-refractivity contribution in [1.82, 2.24) is 10.2 Å². The second-order valence-electron chi connectivity index (χ2n) is 7.72. The van der Waals surface area contributed by atoms with Crippen LogP contribution in [0.5, 0.6) is 11.6 Å². The topological polar surface area (TPSA) is 44.2 Å². The number of halogens is 3. The third-order valence-corrected chi connectivity index (χ3v) is 5.05. The largest absolute Gasteiger partial charge is 0.483 e. The second-order valence-corrected chi connectivity index (χ2v) is 7.72. The molecule has 4 nitrogen and oxygen atoms in total. The quantitative estimate of drug-likeness (QED) is 0.305. The van der Waals surface area contributed by atoms with Crippen LogP contribution in [0, 0.1) is 18.8 Å². The molecule has 0 bridgehead atoms. The van der Waals surface area contributed by atoms with E-state index in [2.05, 4.69) is 22.0 Å². The van der Waals surface area contributed by atoms with Crippen LogP contribution in [0.2, 0.25) is 0 Å². The van der Waals surface area contributed by atoms with E-state index in [0.29, 0.717) is 23.6 Å². The first kappa shape index (κ1) is 23.8. The Hall–Kier alpha value is -4.31. The van der Waals surface area contributed by atoms with E-state index in [1.165, 1.54) is 19.1 Å². The molecule has 0 aliphatic rings. The van der Waals surface area contributed by atoms with Crippen LogP contribution in [0.25, 0.3) is 0 Å². The number of alkyl halides is 3. The maximum absolute atomic E-state index is 13.0. The first-order chi connectivity index (χ1) is 16.9. The van der Waals surface area contributed by atoms with E-state index in [-0.39, 0.29) is 18.1 Å². The Morgan fingerprint density at radius 2 is 1.37 bits per heavy atom. The zero-order valence-corrected chi connectivity index (χ0v) is 18.8. The Bertz CT molecular complexity index is 1350. The molecule has 0 atom stereocenters. The number of rotatable bonds is 6. The third-order valence-electron chi connectivity index (χ3n) is 5.05. The summed E-state index contributed by atoms with van der Waals surface area (Å²) in [6.07, 6.45) is -4.40. The molecule has 35 heavy (non-hydrogen) atoms. The Balaban J connectivity index is 1.57. The summed E-state index contributed by atoms with van der Waals surface area (Å²) >= 11 is 0. The Kier molecular flexibility index (Phi) is 7.32. The predicted molar refractivity (Wildman–Crippen MR) is 126 cm³/mol. The van der Waals surface area contributed by atoms with Gasteiger partial charge in [0.05, 0.1) is 5.56 Å². The van der Waals surface area contributed by atoms with Gasteiger partial charge in [-0.3, -0.25) is 0 Å². The van der Waals surface area contributed by atoms with Gasteiger partial charge in [0, 0.05) is 11.6 Å². The lowest BCUT2D eigenvalue weighted by Crippen LogP contribution is -2.07. The molecule has 0 unspecified atom stereocenters. The summed E-state index contributed by atoms with van der Waals surface area (Å²) in [5.74, 6) is 6.28. The third kappa shape index (κ3) is 6.61. The Labute approximate surface area is 201 Å². The summed E-state index contributed by atoms with van der Waals surface area (Å²) in [7, 11) is 0. The van der Waals surface area contributed by atoms with E-state index in [9.17, 15) is 13.2 Å². The van der Waals surface area contributed by atoms with Crippen molar-refractivity contribution >= 4 is 0 Å². The van der Waals surface area contributed by atoms with E-state index < -0.39 is 11.7 Å². The zero-order valence-electron chi connectivity index (χ0n) is 18.8. The van der Waals surface area contributed by atoms with Crippen LogP contribution in [0.3, 0.4) is 0 Å². The number of hydrogen-bond donors (Lipinski definition) is 0. The van der Waals surface area contributed by atoms with Crippen molar-refractivity contribution in [1.29, 1.82) is 0 Å². The number of nitrogens with zero attached hydrogens (tertiary/aromatic N) is 2. The Morgan fingerprint density at radius 3 is 1.97 bits per heavy atom. The number of aromatic nitrogens is 2. The molecule has 1 heterocycles. The minimum Gasteiger partial charge on any atom is -0.483 e. The lowest BCUT2D eigenvalue weighted by molar-refractivity contribution is -0.138. The lowest BCUT2D eigenvalue weighted by Gasteiger charge is -2.12. The maximum atomic E-state index is 13.0. The fraction of sp³-hybridized carbons (Fsp3) is 0.143. The van der Waals surface area contributed by atoms with Crippen LogP contribution in [-0.2, 0) is 19.4 Å². The summed E-state index contributed by atoms with van der Waals surface area (Å²) in [6, 6.07) is 24.6. The summed E-state index contributed by atoms with van der Waals surface area (Å²) in [4.78, 5) is 0. The van der Waals surface area contributed by atoms with Gasteiger partial charge in [0.2, 0.25) is 0 Å². The smallest absolute Gasteiger partial charge is 0.416 e. The van der Waals surface area contributed by atoms with Crippen molar-refractivity contribution in [2.45, 2.75) is 26.3 Å². The average molecular weight is 474 g/mol. The fourth-order valence-electron chi connectivity index (χ4n) is 3.28. The highest BCUT2D eigenvalue weighted by atomic mass is 19.4. The van der Waals surface area contributed by atoms with Gasteiger partial charge in [-0.05, 0) is 47.7 Å². The molecule has 4 rings (SSSR count). The predicted octanol–water partition coefficient (Wildman–Crippen LogP) is 6.36. The molecule has 0 radical (unpaired) electrons. The van der Waals surface area contributed by atoms with Gasteiger partial charge in [-0.1, -0.05) is 66.6 Å². The van der Waals surface area contributed by atoms with Crippen molar-refractivity contribution in [3.05, 3.63) is 118 Å². The van der Waals surface area contributed by atoms with Crippen LogP contribution in [0.1, 0.15) is 33.5 Å². The normalized spacial score (nSPS) is 10.9. The van der Waals surface area contributed by atoms with Crippen molar-refractivity contribution in [3.8, 4) is 23.5 Å². The van der Waals surface area contributed by atoms with Gasteiger partial charge in [-0.15, -0.1) is 10.2 Å². The minimum absolute atomic E-state index is 0.104. The van der Waals surface area contributed by atoms with Crippen LogP contribution in [-0.4, -0.2) is 10.2 Å². The van der Waals surface area contributed by atoms with Gasteiger partial charge >= 0.3 is 6.18 Å². The minimum atomic E-state index is -4.40. The van der Waals surface area contributed by atoms with Crippen LogP contribution in [0.4, 0.5) is 13.2 Å². The van der Waals surface area contributed by atoms with Crippen LogP contribution < -0.4 is 9.47 Å². The molecule has 0 amide bonds. The van der Waals surface area contributed by atoms with E-state index in [4.69, 9.17) is 9.47 Å². The second kappa shape index (κ2) is 10.7. The molecule has 0 saturated carbocycles. The molecule has 0 aliphatic heterocycles. The average Bonchev–Trinajstić information content (AvgIpc) is 2.86. The van der Waals surface area contributed by atoms with E-state index in [0.717, 1.165) is 17.2 Å². The van der Waals surface area contributed by atoms with Gasteiger partial charge in [0.15, 0.2) is 5.75 Å². The van der Waals surface area contributed by atoms with Gasteiger partial charge in [0.1, 0.15) is 18.9 Å². The summed E-state index contributed by atoms with van der Waals surface area (Å²) < 4.78 is 50.8. The standard InChI is InChI=1S/C28H21F3N2O2/c1-20-16-21(13-15-25(20)28(29,30)31)12-14-24-17-26(34-18-22-8-4-2-5-9-22)27(33-32-24)35-19-23-10-6-3-7-11-23/h2-11,13,15-17H,18-19H2,1H3. The fourth-order valence-corrected chi connectivity index (χ4v) is 3.28. The van der Waals surface area contributed by atoms with Crippen molar-refractivity contribution in [2.75, 3.05) is 0 Å². The van der Waals surface area contributed by atoms with E-state index in [1.54, 1.807) is 6.07 Å². The number of benzene rings is 3. The molecule has 0 spiro atoms. The number of aryl methyl sites for hydroxylation is 1. The molecule has 4 aromatic rings. The highest BCUT2D eigenvalue weighted by molar-refractivity contribution is 5.46. The summed E-state index contributed by atoms with van der Waals surface area (Å²) in [5, 5.41) is 8.23. The molecule has 3 aromatic carbocycles. The monoisotopic (exact) mass is 474 g/mol. The maximum Gasteiger partial charge on any atom is 0.416 e. The van der Waals surface area contributed by atoms with Crippen molar-refractivity contribution in [2.24, 2.45) is 0 Å². The lowest BCUT2D eigenvalue weighted by atomic mass is 10.0. The van der Waals surface area contributed by atoms with Gasteiger partial charge in [-0.2, -0.15) is 13.2 Å². The molecular weight excluding hydrogens is 453 g/mol. The molecule has 0 N–H and O–H groups in total. The first-order valence-corrected chi connectivity index (χ1v) is 10.8. The number of hydrogen-bond acceptors (Lipinski definition) is 4. The van der Waals surface area contributed by atoms with Crippen LogP contribution >= 0.6 is 0 Å². The van der Waals surface area contributed by atoms with Crippen LogP contribution in [0.15, 0.2) is 84.9 Å². The Morgan fingerprint density at radius 1 is 0.743 bits per heavy atom. The zero-order chi connectivity index (χ0) is 24.7. The molecule has 1 aromatic heterocycles. The van der Waals surface area contributed by atoms with E-state index >= 15 is 0 Å². The number of ether oxygens (including phenoxy) is 2. The summed E-state index contributed by atoms with van der Waals surface area (Å²) in [6.45, 7) is 1.98. The van der Waals surface area contributed by atoms with Crippen molar-refractivity contribution in [3.63, 3.8) is 0 Å². The highest BCUT2D eigenvalue weighted by Crippen LogP contribution is 2.32. The van der Waals surface area contributed by atoms with Crippen molar-refractivity contribution < 1.29 is 22.6 Å². The molecule has 0 fully saturated rings. The first-order valence-electron chi connectivity index (χ1n) is 10.8. The SMILES string of the molecule is Cc1cc(C#Cc2cc(OCc3ccccc3)c(OCc3ccccc3)nn2)ccc1C(F)(F)F. The molecular formula is C28H21F3N2O2. The summed E-state index contributed by atoms with van der Waals surface area (Å²) in [5.41, 5.74) is 2.09. The molecule has 176 valence electrons.